The monoisotopic (exact) mass is 610 g/mol. The molecule has 0 bridgehead atoms. The van der Waals surface area contributed by atoms with Gasteiger partial charge in [-0.2, -0.15) is 5.10 Å². The quantitative estimate of drug-likeness (QED) is 0.344. The van der Waals surface area contributed by atoms with E-state index in [1.807, 2.05) is 49.1 Å². The minimum Gasteiger partial charge on any atom is -0.366 e. The van der Waals surface area contributed by atoms with Gasteiger partial charge in [-0.15, -0.1) is 0 Å². The number of benzene rings is 2. The number of carbonyl (C=O) groups excluding carboxylic acids is 3. The van der Waals surface area contributed by atoms with Gasteiger partial charge in [0.05, 0.1) is 17.9 Å². The predicted octanol–water partition coefficient (Wildman–Crippen LogP) is 5.52. The minimum absolute atomic E-state index is 0.125. The SMILES string of the molecule is CCN(C(=O)CN1CCCC(CC2CCCCC2)C1)c1ccc(N2CCc3c(C)nn(-c4cccc(C(N)=O)c4)c3C2=O)cc1. The predicted molar refractivity (Wildman–Crippen MR) is 177 cm³/mol. The van der Waals surface area contributed by atoms with Crippen LogP contribution in [0, 0.1) is 18.8 Å². The third-order valence-electron chi connectivity index (χ3n) is 10.0. The summed E-state index contributed by atoms with van der Waals surface area (Å²) < 4.78 is 1.62. The van der Waals surface area contributed by atoms with E-state index in [0.717, 1.165) is 41.6 Å². The van der Waals surface area contributed by atoms with Crippen LogP contribution in [0.15, 0.2) is 48.5 Å². The molecule has 238 valence electrons. The number of carbonyl (C=O) groups is 3. The summed E-state index contributed by atoms with van der Waals surface area (Å²) in [6.07, 6.45) is 11.4. The first-order valence-electron chi connectivity index (χ1n) is 16.8. The number of aryl methyl sites for hydroxylation is 1. The van der Waals surface area contributed by atoms with Crippen LogP contribution in [-0.2, 0) is 11.2 Å². The Hall–Kier alpha value is -3.98. The fourth-order valence-corrected chi connectivity index (χ4v) is 7.73. The zero-order valence-corrected chi connectivity index (χ0v) is 26.7. The van der Waals surface area contributed by atoms with E-state index in [1.165, 1.54) is 51.4 Å². The maximum atomic E-state index is 13.9. The van der Waals surface area contributed by atoms with Crippen molar-refractivity contribution in [2.24, 2.45) is 17.6 Å². The molecule has 1 aromatic heterocycles. The van der Waals surface area contributed by atoms with Gasteiger partial charge < -0.3 is 15.5 Å². The Bertz CT molecular complexity index is 1540. The number of likely N-dealkylation sites (tertiary alicyclic amines) is 1. The van der Waals surface area contributed by atoms with Crippen molar-refractivity contribution in [3.05, 3.63) is 71.0 Å². The molecule has 2 aliphatic heterocycles. The molecule has 3 aliphatic rings. The number of hydrogen-bond acceptors (Lipinski definition) is 5. The maximum absolute atomic E-state index is 13.9. The summed E-state index contributed by atoms with van der Waals surface area (Å²) in [5.41, 5.74) is 10.3. The highest BCUT2D eigenvalue weighted by Gasteiger charge is 2.33. The number of anilines is 2. The number of fused-ring (bicyclic) bond motifs is 1. The first-order valence-corrected chi connectivity index (χ1v) is 16.8. The Kier molecular flexibility index (Phi) is 9.35. The molecule has 45 heavy (non-hydrogen) atoms. The Morgan fingerprint density at radius 3 is 2.44 bits per heavy atom. The van der Waals surface area contributed by atoms with Crippen molar-refractivity contribution in [2.75, 3.05) is 42.5 Å². The zero-order valence-electron chi connectivity index (χ0n) is 26.7. The van der Waals surface area contributed by atoms with Crippen LogP contribution in [0.1, 0.15) is 90.4 Å². The number of likely N-dealkylation sites (N-methyl/N-ethyl adjacent to an activating group) is 1. The molecule has 2 aromatic carbocycles. The van der Waals surface area contributed by atoms with Crippen molar-refractivity contribution in [1.82, 2.24) is 14.7 Å². The van der Waals surface area contributed by atoms with E-state index in [1.54, 1.807) is 27.8 Å². The van der Waals surface area contributed by atoms with Crippen molar-refractivity contribution < 1.29 is 14.4 Å². The van der Waals surface area contributed by atoms with Crippen molar-refractivity contribution in [3.8, 4) is 5.69 Å². The number of piperidine rings is 1. The highest BCUT2D eigenvalue weighted by molar-refractivity contribution is 6.08. The number of rotatable bonds is 9. The molecular weight excluding hydrogens is 564 g/mol. The molecule has 3 heterocycles. The Balaban J connectivity index is 1.13. The van der Waals surface area contributed by atoms with Gasteiger partial charge in [0.2, 0.25) is 11.8 Å². The lowest BCUT2D eigenvalue weighted by Gasteiger charge is -2.36. The second kappa shape index (κ2) is 13.6. The average Bonchev–Trinajstić information content (AvgIpc) is 3.39. The van der Waals surface area contributed by atoms with Gasteiger partial charge in [0.1, 0.15) is 5.69 Å². The fraction of sp³-hybridized carbons (Fsp3) is 0.500. The van der Waals surface area contributed by atoms with Gasteiger partial charge in [-0.25, -0.2) is 4.68 Å². The lowest BCUT2D eigenvalue weighted by atomic mass is 9.80. The summed E-state index contributed by atoms with van der Waals surface area (Å²) in [6.45, 7) is 7.51. The molecule has 9 heteroatoms. The second-order valence-electron chi connectivity index (χ2n) is 13.1. The topological polar surface area (TPSA) is 105 Å². The van der Waals surface area contributed by atoms with Crippen LogP contribution < -0.4 is 15.5 Å². The Morgan fingerprint density at radius 1 is 0.956 bits per heavy atom. The molecule has 1 saturated heterocycles. The smallest absolute Gasteiger partial charge is 0.277 e. The first-order chi connectivity index (χ1) is 21.8. The largest absolute Gasteiger partial charge is 0.366 e. The van der Waals surface area contributed by atoms with E-state index in [0.29, 0.717) is 48.9 Å². The number of nitrogens with two attached hydrogens (primary N) is 1. The van der Waals surface area contributed by atoms with Crippen LogP contribution in [-0.4, -0.2) is 65.1 Å². The molecule has 1 aliphatic carbocycles. The minimum atomic E-state index is -0.531. The Morgan fingerprint density at radius 2 is 1.71 bits per heavy atom. The zero-order chi connectivity index (χ0) is 31.5. The van der Waals surface area contributed by atoms with Crippen molar-refractivity contribution in [3.63, 3.8) is 0 Å². The summed E-state index contributed by atoms with van der Waals surface area (Å²) in [7, 11) is 0. The molecular formula is C36H46N6O3. The molecule has 1 atom stereocenters. The number of hydrogen-bond donors (Lipinski definition) is 1. The molecule has 2 N–H and O–H groups in total. The number of amides is 3. The molecule has 0 radical (unpaired) electrons. The normalized spacial score (nSPS) is 19.4. The van der Waals surface area contributed by atoms with Gasteiger partial charge in [0.15, 0.2) is 0 Å². The van der Waals surface area contributed by atoms with Gasteiger partial charge in [0.25, 0.3) is 5.91 Å². The van der Waals surface area contributed by atoms with Crippen LogP contribution in [0.3, 0.4) is 0 Å². The molecule has 1 saturated carbocycles. The highest BCUT2D eigenvalue weighted by Crippen LogP contribution is 2.33. The van der Waals surface area contributed by atoms with E-state index >= 15 is 0 Å². The highest BCUT2D eigenvalue weighted by atomic mass is 16.2. The third-order valence-corrected chi connectivity index (χ3v) is 10.0. The van der Waals surface area contributed by atoms with Crippen molar-refractivity contribution in [2.45, 2.75) is 71.6 Å². The summed E-state index contributed by atoms with van der Waals surface area (Å²) in [5, 5.41) is 4.66. The van der Waals surface area contributed by atoms with Gasteiger partial charge in [-0.1, -0.05) is 38.2 Å². The van der Waals surface area contributed by atoms with Crippen LogP contribution in [0.5, 0.6) is 0 Å². The third kappa shape index (κ3) is 6.69. The maximum Gasteiger partial charge on any atom is 0.277 e. The first kappa shape index (κ1) is 31.0. The summed E-state index contributed by atoms with van der Waals surface area (Å²) >= 11 is 0. The molecule has 0 spiro atoms. The second-order valence-corrected chi connectivity index (χ2v) is 13.1. The van der Waals surface area contributed by atoms with Crippen LogP contribution >= 0.6 is 0 Å². The van der Waals surface area contributed by atoms with Gasteiger partial charge >= 0.3 is 0 Å². The standard InChI is InChI=1S/C36H46N6O3/c1-3-40(33(43)24-39-19-8-11-27(23-39)21-26-9-5-4-6-10-26)29-14-16-30(17-15-29)41-20-18-32-25(2)38-42(34(32)36(41)45)31-13-7-12-28(22-31)35(37)44/h7,12-17,22,26-27H,3-6,8-11,18-21,23-24H2,1-2H3,(H2,37,44). The summed E-state index contributed by atoms with van der Waals surface area (Å²) in [4.78, 5) is 45.2. The molecule has 3 aromatic rings. The lowest BCUT2D eigenvalue weighted by molar-refractivity contribution is -0.120. The van der Waals surface area contributed by atoms with Crippen LogP contribution in [0.4, 0.5) is 11.4 Å². The molecule has 6 rings (SSSR count). The van der Waals surface area contributed by atoms with Crippen LogP contribution in [0.25, 0.3) is 5.69 Å². The number of primary amides is 1. The molecule has 3 amide bonds. The number of aromatic nitrogens is 2. The van der Waals surface area contributed by atoms with E-state index in [9.17, 15) is 14.4 Å². The fourth-order valence-electron chi connectivity index (χ4n) is 7.73. The van der Waals surface area contributed by atoms with Gasteiger partial charge in [-0.3, -0.25) is 19.3 Å². The van der Waals surface area contributed by atoms with E-state index in [-0.39, 0.29) is 11.8 Å². The summed E-state index contributed by atoms with van der Waals surface area (Å²) in [6, 6.07) is 14.6. The van der Waals surface area contributed by atoms with E-state index in [2.05, 4.69) is 10.00 Å². The molecule has 2 fully saturated rings. The molecule has 9 nitrogen and oxygen atoms in total. The molecule has 1 unspecified atom stereocenters. The van der Waals surface area contributed by atoms with E-state index in [4.69, 9.17) is 5.73 Å². The lowest BCUT2D eigenvalue weighted by Crippen LogP contribution is -2.44. The van der Waals surface area contributed by atoms with E-state index < -0.39 is 5.91 Å². The van der Waals surface area contributed by atoms with Crippen molar-refractivity contribution >= 4 is 29.1 Å². The Labute approximate surface area is 266 Å². The average molecular weight is 611 g/mol. The van der Waals surface area contributed by atoms with Crippen LogP contribution in [0.2, 0.25) is 0 Å². The number of nitrogens with zero attached hydrogens (tertiary/aromatic N) is 5. The summed E-state index contributed by atoms with van der Waals surface area (Å²) in [5.74, 6) is 1.03. The van der Waals surface area contributed by atoms with Gasteiger partial charge in [0, 0.05) is 42.1 Å². The van der Waals surface area contributed by atoms with Gasteiger partial charge in [-0.05, 0) is 100 Å². The van der Waals surface area contributed by atoms with Crippen molar-refractivity contribution in [1.29, 1.82) is 0 Å².